The van der Waals surface area contributed by atoms with E-state index < -0.39 is 0 Å². The van der Waals surface area contributed by atoms with E-state index >= 15 is 0 Å². The standard InChI is InChI=1S/C16H24BN.2H2O/c1-15(2)10-7-11-16(3,4)18(15)12-13-8-5-6-9-14(13)17;;/h5-6,8-9H,7,10-12H2,1-4H3;2*1H2/q+2;;/p-2. The van der Waals surface area contributed by atoms with Gasteiger partial charge in [-0.1, -0.05) is 0 Å². The molecule has 2 rings (SSSR count). The normalized spacial score (nSPS) is 20.7. The Bertz CT molecular complexity index is 416. The topological polar surface area (TPSA) is 63.2 Å². The van der Waals surface area contributed by atoms with E-state index in [1.807, 2.05) is 12.1 Å². The number of benzene rings is 1. The summed E-state index contributed by atoms with van der Waals surface area (Å²) in [6.45, 7) is 10.4. The van der Waals surface area contributed by atoms with Gasteiger partial charge >= 0.3 is 113 Å². The van der Waals surface area contributed by atoms with Gasteiger partial charge in [0.2, 0.25) is 0 Å². The third-order valence-electron chi connectivity index (χ3n) is 4.42. The van der Waals surface area contributed by atoms with Crippen molar-refractivity contribution in [1.29, 1.82) is 0 Å². The summed E-state index contributed by atoms with van der Waals surface area (Å²) in [5.74, 6) is 0. The fraction of sp³-hybridized carbons (Fsp3) is 0.625. The minimum absolute atomic E-state index is 0. The quantitative estimate of drug-likeness (QED) is 0.779. The molecule has 0 radical (unpaired) electrons. The van der Waals surface area contributed by atoms with Gasteiger partial charge in [-0.15, -0.1) is 0 Å². The molecule has 1 heterocycles. The number of nitrogens with zero attached hydrogens (tertiary/aromatic N) is 1. The molecule has 1 aromatic rings. The predicted octanol–water partition coefficient (Wildman–Crippen LogP) is 2.67. The van der Waals surface area contributed by atoms with E-state index in [1.54, 1.807) is 0 Å². The van der Waals surface area contributed by atoms with Gasteiger partial charge in [-0.25, -0.2) is 0 Å². The van der Waals surface area contributed by atoms with Gasteiger partial charge in [-0.3, -0.25) is 0 Å². The molecule has 1 aliphatic rings. The summed E-state index contributed by atoms with van der Waals surface area (Å²) in [7, 11) is 6.09. The van der Waals surface area contributed by atoms with Crippen LogP contribution in [0.4, 0.5) is 0 Å². The van der Waals surface area contributed by atoms with Gasteiger partial charge in [0, 0.05) is 0 Å². The van der Waals surface area contributed by atoms with Crippen LogP contribution in [-0.4, -0.2) is 34.8 Å². The molecule has 0 aliphatic carbocycles. The summed E-state index contributed by atoms with van der Waals surface area (Å²) in [6.07, 6.45) is 3.85. The summed E-state index contributed by atoms with van der Waals surface area (Å²) < 4.78 is 0. The van der Waals surface area contributed by atoms with Gasteiger partial charge < -0.3 is 11.0 Å². The average Bonchev–Trinajstić information content (AvgIpc) is 2.25. The molecule has 1 fully saturated rings. The first-order chi connectivity index (χ1) is 8.33. The van der Waals surface area contributed by atoms with Crippen LogP contribution in [0, 0.1) is 0 Å². The van der Waals surface area contributed by atoms with E-state index in [9.17, 15) is 0 Å². The summed E-state index contributed by atoms with van der Waals surface area (Å²) in [4.78, 5) is 2.62. The number of hydrogen-bond acceptors (Lipinski definition) is 3. The zero-order valence-electron chi connectivity index (χ0n) is 13.1. The van der Waals surface area contributed by atoms with Crippen LogP contribution in [0.2, 0.25) is 0 Å². The summed E-state index contributed by atoms with van der Waals surface area (Å²) >= 11 is 0. The summed E-state index contributed by atoms with van der Waals surface area (Å²) in [5.41, 5.74) is 2.67. The molecule has 0 spiro atoms. The van der Waals surface area contributed by atoms with Crippen molar-refractivity contribution in [2.75, 3.05) is 0 Å². The summed E-state index contributed by atoms with van der Waals surface area (Å²) in [5, 5.41) is 0. The molecule has 20 heavy (non-hydrogen) atoms. The second-order valence-electron chi connectivity index (χ2n) is 6.76. The number of likely N-dealkylation sites (tertiary alicyclic amines) is 1. The van der Waals surface area contributed by atoms with Gasteiger partial charge in [0.1, 0.15) is 0 Å². The molecule has 3 nitrogen and oxygen atoms in total. The van der Waals surface area contributed by atoms with Gasteiger partial charge in [-0.2, -0.15) is 0 Å². The molecule has 2 N–H and O–H groups in total. The largest absolute Gasteiger partial charge is 0.870 e. The van der Waals surface area contributed by atoms with Crippen LogP contribution < -0.4 is 5.46 Å². The maximum absolute atomic E-state index is 6.09. The van der Waals surface area contributed by atoms with Crippen molar-refractivity contribution in [2.24, 2.45) is 0 Å². The minimum Gasteiger partial charge on any atom is -0.870 e. The van der Waals surface area contributed by atoms with Crippen LogP contribution in [0.1, 0.15) is 52.5 Å². The minimum atomic E-state index is 0. The Morgan fingerprint density at radius 1 is 1.00 bits per heavy atom. The van der Waals surface area contributed by atoms with Crippen LogP contribution in [-0.2, 0) is 6.54 Å². The molecule has 1 saturated heterocycles. The molecule has 0 aromatic heterocycles. The number of rotatable bonds is 2. The van der Waals surface area contributed by atoms with Crippen molar-refractivity contribution in [2.45, 2.75) is 64.6 Å². The maximum atomic E-state index is 6.09. The van der Waals surface area contributed by atoms with Crippen LogP contribution in [0.3, 0.4) is 0 Å². The molecule has 4 heteroatoms. The Hall–Kier alpha value is -0.835. The Balaban J connectivity index is 0.00000180. The molecule has 0 bridgehead atoms. The molecular weight excluding hydrogens is 249 g/mol. The van der Waals surface area contributed by atoms with Crippen LogP contribution in [0.5, 0.6) is 0 Å². The second kappa shape index (κ2) is 6.75. The zero-order chi connectivity index (χ0) is 13.4. The third-order valence-corrected chi connectivity index (χ3v) is 4.42. The van der Waals surface area contributed by atoms with E-state index in [4.69, 9.17) is 7.85 Å². The molecule has 0 amide bonds. The average molecular weight is 275 g/mol. The monoisotopic (exact) mass is 275 g/mol. The summed E-state index contributed by atoms with van der Waals surface area (Å²) in [6, 6.07) is 8.23. The second-order valence-corrected chi connectivity index (χ2v) is 6.76. The van der Waals surface area contributed by atoms with Crippen molar-refractivity contribution >= 4 is 13.3 Å². The van der Waals surface area contributed by atoms with Crippen molar-refractivity contribution < 1.29 is 11.0 Å². The Morgan fingerprint density at radius 3 is 2.00 bits per heavy atom. The van der Waals surface area contributed by atoms with Gasteiger partial charge in [-0.05, 0) is 0 Å². The first kappa shape index (κ1) is 19.2. The van der Waals surface area contributed by atoms with Gasteiger partial charge in [0.25, 0.3) is 0 Å². The van der Waals surface area contributed by atoms with Crippen LogP contribution >= 0.6 is 0 Å². The molecule has 0 unspecified atom stereocenters. The predicted molar refractivity (Wildman–Crippen MR) is 83.3 cm³/mol. The SMILES string of the molecule is [B+2]c1ccccc1CN1C(C)(C)CCCC1(C)C.[OH-].[OH-]. The van der Waals surface area contributed by atoms with E-state index in [0.717, 1.165) is 12.0 Å². The molecule has 1 aromatic carbocycles. The molecular formula is C16H26BNO2. The number of piperidine rings is 1. The Labute approximate surface area is 124 Å². The van der Waals surface area contributed by atoms with Gasteiger partial charge in [0.15, 0.2) is 0 Å². The first-order valence-corrected chi connectivity index (χ1v) is 6.94. The van der Waals surface area contributed by atoms with Crippen molar-refractivity contribution in [1.82, 2.24) is 4.90 Å². The Kier molecular flexibility index (Phi) is 6.47. The van der Waals surface area contributed by atoms with Crippen LogP contribution in [0.15, 0.2) is 24.3 Å². The molecule has 1 aliphatic heterocycles. The molecule has 0 saturated carbocycles. The fourth-order valence-corrected chi connectivity index (χ4v) is 3.32. The smallest absolute Gasteiger partial charge is 0.870 e. The van der Waals surface area contributed by atoms with Crippen molar-refractivity contribution in [3.05, 3.63) is 29.8 Å². The molecule has 110 valence electrons. The van der Waals surface area contributed by atoms with E-state index in [1.165, 1.54) is 24.8 Å². The van der Waals surface area contributed by atoms with Crippen molar-refractivity contribution in [3.8, 4) is 0 Å². The Morgan fingerprint density at radius 2 is 1.50 bits per heavy atom. The van der Waals surface area contributed by atoms with E-state index in [0.29, 0.717) is 0 Å². The van der Waals surface area contributed by atoms with Crippen LogP contribution in [0.25, 0.3) is 0 Å². The van der Waals surface area contributed by atoms with Gasteiger partial charge in [0.05, 0.1) is 0 Å². The fourth-order valence-electron chi connectivity index (χ4n) is 3.32. The molecule has 0 atom stereocenters. The van der Waals surface area contributed by atoms with E-state index in [2.05, 4.69) is 44.7 Å². The first-order valence-electron chi connectivity index (χ1n) is 6.94. The third kappa shape index (κ3) is 3.84. The van der Waals surface area contributed by atoms with E-state index in [-0.39, 0.29) is 22.0 Å². The number of hydrogen-bond donors (Lipinski definition) is 0. The maximum Gasteiger partial charge on any atom is -0.870 e. The zero-order valence-corrected chi connectivity index (χ0v) is 13.1. The van der Waals surface area contributed by atoms with Crippen molar-refractivity contribution in [3.63, 3.8) is 0 Å².